The van der Waals surface area contributed by atoms with Crippen molar-refractivity contribution in [3.63, 3.8) is 0 Å². The molecule has 2 aromatic rings. The van der Waals surface area contributed by atoms with Crippen LogP contribution in [0.25, 0.3) is 11.3 Å². The van der Waals surface area contributed by atoms with Gasteiger partial charge >= 0.3 is 0 Å². The van der Waals surface area contributed by atoms with Gasteiger partial charge in [-0.05, 0) is 12.1 Å². The third kappa shape index (κ3) is 2.67. The maximum Gasteiger partial charge on any atom is 0.0907 e. The van der Waals surface area contributed by atoms with Crippen LogP contribution in [0.4, 0.5) is 5.69 Å². The highest BCUT2D eigenvalue weighted by atomic mass is 32.1. The highest BCUT2D eigenvalue weighted by Gasteiger charge is 1.98. The summed E-state index contributed by atoms with van der Waals surface area (Å²) in [6.07, 6.45) is 1.79. The van der Waals surface area contributed by atoms with Gasteiger partial charge in [0.05, 0.1) is 23.2 Å². The molecule has 0 bridgehead atoms. The molecule has 0 N–H and O–H groups in total. The number of hydrogen-bond acceptors (Lipinski definition) is 3. The largest absolute Gasteiger partial charge is 0.369 e. The fraction of sp³-hybridized carbons (Fsp3) is 0.167. The number of rotatable bonds is 3. The van der Waals surface area contributed by atoms with Crippen molar-refractivity contribution in [1.82, 2.24) is 9.88 Å². The minimum atomic E-state index is 0.952. The average molecular weight is 231 g/mol. The minimum Gasteiger partial charge on any atom is -0.369 e. The fourth-order valence-electron chi connectivity index (χ4n) is 1.26. The summed E-state index contributed by atoms with van der Waals surface area (Å²) in [6.45, 7) is 0. The van der Waals surface area contributed by atoms with E-state index in [0.717, 1.165) is 16.9 Å². The van der Waals surface area contributed by atoms with Crippen molar-refractivity contribution < 1.29 is 0 Å². The second-order valence-corrected chi connectivity index (χ2v) is 4.35. The van der Waals surface area contributed by atoms with E-state index in [1.165, 1.54) is 0 Å². The SMILES string of the molecule is CN(C)C=Nc1ccc(-c2cscn2)cc1. The van der Waals surface area contributed by atoms with Crippen LogP contribution < -0.4 is 0 Å². The first-order valence-electron chi connectivity index (χ1n) is 4.95. The normalized spacial score (nSPS) is 10.9. The topological polar surface area (TPSA) is 28.5 Å². The highest BCUT2D eigenvalue weighted by Crippen LogP contribution is 2.21. The molecule has 82 valence electrons. The summed E-state index contributed by atoms with van der Waals surface area (Å²) in [5.41, 5.74) is 4.94. The number of hydrogen-bond donors (Lipinski definition) is 0. The molecule has 0 radical (unpaired) electrons. The van der Waals surface area contributed by atoms with E-state index < -0.39 is 0 Å². The Hall–Kier alpha value is -1.68. The van der Waals surface area contributed by atoms with Crippen molar-refractivity contribution >= 4 is 23.4 Å². The van der Waals surface area contributed by atoms with Gasteiger partial charge in [0.1, 0.15) is 0 Å². The van der Waals surface area contributed by atoms with Crippen LogP contribution in [0, 0.1) is 0 Å². The first-order valence-corrected chi connectivity index (χ1v) is 5.89. The Kier molecular flexibility index (Phi) is 3.31. The summed E-state index contributed by atoms with van der Waals surface area (Å²) in [5.74, 6) is 0. The fourth-order valence-corrected chi connectivity index (χ4v) is 1.82. The van der Waals surface area contributed by atoms with E-state index >= 15 is 0 Å². The van der Waals surface area contributed by atoms with Crippen molar-refractivity contribution in [2.75, 3.05) is 14.1 Å². The van der Waals surface area contributed by atoms with Gasteiger partial charge in [0.25, 0.3) is 0 Å². The summed E-state index contributed by atoms with van der Waals surface area (Å²) < 4.78 is 0. The Balaban J connectivity index is 2.17. The third-order valence-electron chi connectivity index (χ3n) is 2.03. The zero-order chi connectivity index (χ0) is 11.4. The van der Waals surface area contributed by atoms with Crippen molar-refractivity contribution in [3.05, 3.63) is 35.2 Å². The van der Waals surface area contributed by atoms with Crippen LogP contribution in [0.1, 0.15) is 0 Å². The van der Waals surface area contributed by atoms with E-state index in [-0.39, 0.29) is 0 Å². The Bertz CT molecular complexity index is 458. The van der Waals surface area contributed by atoms with E-state index in [1.807, 2.05) is 54.2 Å². The smallest absolute Gasteiger partial charge is 0.0907 e. The van der Waals surface area contributed by atoms with Crippen LogP contribution in [0.3, 0.4) is 0 Å². The zero-order valence-electron chi connectivity index (χ0n) is 9.29. The third-order valence-corrected chi connectivity index (χ3v) is 2.62. The molecule has 0 atom stereocenters. The molecule has 1 aromatic carbocycles. The van der Waals surface area contributed by atoms with E-state index in [9.17, 15) is 0 Å². The summed E-state index contributed by atoms with van der Waals surface area (Å²) in [6, 6.07) is 8.07. The Morgan fingerprint density at radius 3 is 2.56 bits per heavy atom. The van der Waals surface area contributed by atoms with Crippen molar-refractivity contribution in [2.45, 2.75) is 0 Å². The molecule has 16 heavy (non-hydrogen) atoms. The molecular formula is C12H13N3S. The summed E-state index contributed by atoms with van der Waals surface area (Å²) in [7, 11) is 3.90. The van der Waals surface area contributed by atoms with Crippen LogP contribution in [0.5, 0.6) is 0 Å². The minimum absolute atomic E-state index is 0.952. The molecule has 0 aliphatic carbocycles. The molecule has 0 fully saturated rings. The summed E-state index contributed by atoms with van der Waals surface area (Å²) in [4.78, 5) is 10.5. The van der Waals surface area contributed by atoms with Crippen LogP contribution in [-0.2, 0) is 0 Å². The maximum atomic E-state index is 4.31. The van der Waals surface area contributed by atoms with Gasteiger partial charge in [0.2, 0.25) is 0 Å². The van der Waals surface area contributed by atoms with Crippen LogP contribution in [-0.4, -0.2) is 30.3 Å². The molecule has 2 rings (SSSR count). The molecule has 3 nitrogen and oxygen atoms in total. The molecule has 0 aliphatic heterocycles. The molecule has 0 saturated heterocycles. The number of nitrogens with zero attached hydrogens (tertiary/aromatic N) is 3. The second-order valence-electron chi connectivity index (χ2n) is 3.63. The van der Waals surface area contributed by atoms with Crippen LogP contribution >= 0.6 is 11.3 Å². The zero-order valence-corrected chi connectivity index (χ0v) is 10.1. The predicted molar refractivity (Wildman–Crippen MR) is 69.4 cm³/mol. The monoisotopic (exact) mass is 231 g/mol. The van der Waals surface area contributed by atoms with Gasteiger partial charge in [0.15, 0.2) is 0 Å². The second kappa shape index (κ2) is 4.90. The van der Waals surface area contributed by atoms with Gasteiger partial charge in [0, 0.05) is 25.0 Å². The van der Waals surface area contributed by atoms with Crippen LogP contribution in [0.15, 0.2) is 40.1 Å². The van der Waals surface area contributed by atoms with Crippen molar-refractivity contribution in [1.29, 1.82) is 0 Å². The number of aromatic nitrogens is 1. The van der Waals surface area contributed by atoms with Crippen molar-refractivity contribution in [2.24, 2.45) is 4.99 Å². The molecule has 0 unspecified atom stereocenters. The number of benzene rings is 1. The lowest BCUT2D eigenvalue weighted by Gasteiger charge is -2.02. The molecule has 0 spiro atoms. The van der Waals surface area contributed by atoms with Crippen LogP contribution in [0.2, 0.25) is 0 Å². The molecule has 0 saturated carbocycles. The van der Waals surface area contributed by atoms with Gasteiger partial charge in [-0.2, -0.15) is 0 Å². The van der Waals surface area contributed by atoms with Gasteiger partial charge in [-0.15, -0.1) is 11.3 Å². The lowest BCUT2D eigenvalue weighted by molar-refractivity contribution is 0.643. The maximum absolute atomic E-state index is 4.31. The van der Waals surface area contributed by atoms with Gasteiger partial charge < -0.3 is 4.90 Å². The lowest BCUT2D eigenvalue weighted by atomic mass is 10.1. The van der Waals surface area contributed by atoms with Gasteiger partial charge in [-0.3, -0.25) is 0 Å². The van der Waals surface area contributed by atoms with E-state index in [0.29, 0.717) is 0 Å². The van der Waals surface area contributed by atoms with E-state index in [4.69, 9.17) is 0 Å². The molecule has 4 heteroatoms. The van der Waals surface area contributed by atoms with E-state index in [1.54, 1.807) is 17.7 Å². The number of aliphatic imine (C=N–C) groups is 1. The molecule has 1 heterocycles. The summed E-state index contributed by atoms with van der Waals surface area (Å²) >= 11 is 1.61. The lowest BCUT2D eigenvalue weighted by Crippen LogP contribution is -2.06. The Morgan fingerprint density at radius 2 is 2.00 bits per heavy atom. The molecule has 0 aliphatic rings. The summed E-state index contributed by atoms with van der Waals surface area (Å²) in [5, 5.41) is 2.04. The number of thiazole rings is 1. The van der Waals surface area contributed by atoms with E-state index in [2.05, 4.69) is 9.98 Å². The average Bonchev–Trinajstić information content (AvgIpc) is 2.80. The molecule has 0 amide bonds. The Morgan fingerprint density at radius 1 is 1.25 bits per heavy atom. The standard InChI is InChI=1S/C12H13N3S/c1-15(2)8-13-11-5-3-10(4-6-11)12-7-16-9-14-12/h3-9H,1-2H3. The molecular weight excluding hydrogens is 218 g/mol. The highest BCUT2D eigenvalue weighted by molar-refractivity contribution is 7.07. The van der Waals surface area contributed by atoms with Gasteiger partial charge in [-0.1, -0.05) is 12.1 Å². The first-order chi connectivity index (χ1) is 7.75. The first kappa shape index (κ1) is 10.8. The Labute approximate surface area is 99.1 Å². The van der Waals surface area contributed by atoms with Crippen molar-refractivity contribution in [3.8, 4) is 11.3 Å². The quantitative estimate of drug-likeness (QED) is 0.600. The molecule has 1 aromatic heterocycles. The predicted octanol–water partition coefficient (Wildman–Crippen LogP) is 3.03. The van der Waals surface area contributed by atoms with Gasteiger partial charge in [-0.25, -0.2) is 9.98 Å².